The fraction of sp³-hybridized carbons (Fsp3) is 0.412. The van der Waals surface area contributed by atoms with Crippen molar-refractivity contribution in [2.24, 2.45) is 11.8 Å². The molecule has 1 saturated heterocycles. The van der Waals surface area contributed by atoms with Crippen molar-refractivity contribution in [3.63, 3.8) is 0 Å². The first-order valence-electron chi connectivity index (χ1n) is 7.75. The van der Waals surface area contributed by atoms with Gasteiger partial charge in [0.25, 0.3) is 0 Å². The van der Waals surface area contributed by atoms with Gasteiger partial charge in [0.2, 0.25) is 5.91 Å². The zero-order valence-corrected chi connectivity index (χ0v) is 12.8. The second-order valence-corrected chi connectivity index (χ2v) is 5.93. The van der Waals surface area contributed by atoms with Gasteiger partial charge in [0.1, 0.15) is 0 Å². The van der Waals surface area contributed by atoms with Crippen molar-refractivity contribution in [2.45, 2.75) is 20.0 Å². The molecule has 0 spiro atoms. The number of amides is 1. The summed E-state index contributed by atoms with van der Waals surface area (Å²) in [6.45, 7) is 5.26. The number of aromatic nitrogens is 2. The third kappa shape index (κ3) is 3.36. The molecule has 0 aliphatic carbocycles. The number of carbonyl (C=O) groups is 1. The number of benzene rings is 1. The van der Waals surface area contributed by atoms with E-state index in [-0.39, 0.29) is 11.8 Å². The van der Waals surface area contributed by atoms with Gasteiger partial charge >= 0.3 is 0 Å². The van der Waals surface area contributed by atoms with Crippen LogP contribution in [0.3, 0.4) is 0 Å². The van der Waals surface area contributed by atoms with Crippen LogP contribution in [0, 0.1) is 11.8 Å². The summed E-state index contributed by atoms with van der Waals surface area (Å²) in [5, 5.41) is 6.29. The maximum Gasteiger partial charge on any atom is 0.223 e. The minimum atomic E-state index is 0.0714. The van der Waals surface area contributed by atoms with E-state index in [1.165, 1.54) is 5.56 Å². The Kier molecular flexibility index (Phi) is 4.53. The predicted octanol–water partition coefficient (Wildman–Crippen LogP) is 1.40. The lowest BCUT2D eigenvalue weighted by molar-refractivity contribution is -0.126. The molecular formula is C17H22N4O. The van der Waals surface area contributed by atoms with E-state index in [9.17, 15) is 4.79 Å². The number of nitrogens with zero attached hydrogens (tertiary/aromatic N) is 2. The van der Waals surface area contributed by atoms with Crippen molar-refractivity contribution < 1.29 is 4.79 Å². The highest BCUT2D eigenvalue weighted by atomic mass is 16.1. The second-order valence-electron chi connectivity index (χ2n) is 5.93. The monoisotopic (exact) mass is 298 g/mol. The van der Waals surface area contributed by atoms with E-state index in [4.69, 9.17) is 0 Å². The first-order chi connectivity index (χ1) is 10.7. The van der Waals surface area contributed by atoms with E-state index in [2.05, 4.69) is 27.8 Å². The SMILES string of the molecule is CC(C(=O)NCc1ccccc1Cn1ccnc1)C1CNC1. The zero-order valence-electron chi connectivity index (χ0n) is 12.8. The van der Waals surface area contributed by atoms with Gasteiger partial charge in [0.05, 0.1) is 6.33 Å². The molecule has 1 fully saturated rings. The Labute approximate surface area is 130 Å². The molecule has 2 heterocycles. The molecule has 5 nitrogen and oxygen atoms in total. The molecule has 1 aliphatic heterocycles. The average molecular weight is 298 g/mol. The highest BCUT2D eigenvalue weighted by Crippen LogP contribution is 2.16. The number of nitrogens with one attached hydrogen (secondary N) is 2. The number of carbonyl (C=O) groups excluding carboxylic acids is 1. The summed E-state index contributed by atoms with van der Waals surface area (Å²) in [5.41, 5.74) is 2.36. The van der Waals surface area contributed by atoms with E-state index in [1.807, 2.05) is 29.8 Å². The van der Waals surface area contributed by atoms with Gasteiger partial charge in [0.15, 0.2) is 0 Å². The number of hydrogen-bond donors (Lipinski definition) is 2. The first kappa shape index (κ1) is 14.8. The number of imidazole rings is 1. The third-order valence-electron chi connectivity index (χ3n) is 4.42. The lowest BCUT2D eigenvalue weighted by atomic mass is 9.88. The van der Waals surface area contributed by atoms with Crippen LogP contribution in [0.5, 0.6) is 0 Å². The smallest absolute Gasteiger partial charge is 0.223 e. The van der Waals surface area contributed by atoms with Crippen molar-refractivity contribution in [3.05, 3.63) is 54.1 Å². The number of hydrogen-bond acceptors (Lipinski definition) is 3. The Bertz CT molecular complexity index is 619. The fourth-order valence-electron chi connectivity index (χ4n) is 2.68. The van der Waals surface area contributed by atoms with Gasteiger partial charge < -0.3 is 15.2 Å². The highest BCUT2D eigenvalue weighted by Gasteiger charge is 2.28. The standard InChI is InChI=1S/C17H22N4O/c1-13(16-8-19-9-16)17(22)20-10-14-4-2-3-5-15(14)11-21-7-6-18-12-21/h2-7,12-13,16,19H,8-11H2,1H3,(H,20,22). The maximum atomic E-state index is 12.2. The van der Waals surface area contributed by atoms with Crippen molar-refractivity contribution in [1.82, 2.24) is 20.2 Å². The van der Waals surface area contributed by atoms with E-state index in [0.29, 0.717) is 12.5 Å². The largest absolute Gasteiger partial charge is 0.352 e. The molecule has 1 aliphatic rings. The Morgan fingerprint density at radius 1 is 1.41 bits per heavy atom. The minimum Gasteiger partial charge on any atom is -0.352 e. The molecule has 116 valence electrons. The van der Waals surface area contributed by atoms with Gasteiger partial charge in [-0.1, -0.05) is 31.2 Å². The lowest BCUT2D eigenvalue weighted by Crippen LogP contribution is -2.49. The third-order valence-corrected chi connectivity index (χ3v) is 4.42. The van der Waals surface area contributed by atoms with Crippen molar-refractivity contribution in [1.29, 1.82) is 0 Å². The molecule has 0 saturated carbocycles. The van der Waals surface area contributed by atoms with Gasteiger partial charge in [-0.3, -0.25) is 4.79 Å². The molecule has 1 atom stereocenters. The Morgan fingerprint density at radius 2 is 2.18 bits per heavy atom. The topological polar surface area (TPSA) is 59.0 Å². The van der Waals surface area contributed by atoms with Crippen LogP contribution in [0.25, 0.3) is 0 Å². The van der Waals surface area contributed by atoms with Gasteiger partial charge in [-0.2, -0.15) is 0 Å². The van der Waals surface area contributed by atoms with Crippen molar-refractivity contribution in [2.75, 3.05) is 13.1 Å². The summed E-state index contributed by atoms with van der Waals surface area (Å²) < 4.78 is 2.03. The molecule has 2 aromatic rings. The zero-order chi connectivity index (χ0) is 15.4. The van der Waals surface area contributed by atoms with Crippen LogP contribution < -0.4 is 10.6 Å². The van der Waals surface area contributed by atoms with Crippen LogP contribution in [-0.2, 0) is 17.9 Å². The van der Waals surface area contributed by atoms with Crippen LogP contribution >= 0.6 is 0 Å². The molecule has 22 heavy (non-hydrogen) atoms. The molecule has 1 aromatic carbocycles. The van der Waals surface area contributed by atoms with Gasteiger partial charge in [-0.05, 0) is 30.1 Å². The maximum absolute atomic E-state index is 12.2. The molecular weight excluding hydrogens is 276 g/mol. The summed E-state index contributed by atoms with van der Waals surface area (Å²) in [4.78, 5) is 16.3. The molecule has 5 heteroatoms. The fourth-order valence-corrected chi connectivity index (χ4v) is 2.68. The van der Waals surface area contributed by atoms with Gasteiger partial charge in [-0.15, -0.1) is 0 Å². The van der Waals surface area contributed by atoms with E-state index in [1.54, 1.807) is 12.5 Å². The summed E-state index contributed by atoms with van der Waals surface area (Å²) in [5.74, 6) is 0.687. The Balaban J connectivity index is 1.61. The molecule has 1 unspecified atom stereocenters. The molecule has 1 amide bonds. The van der Waals surface area contributed by atoms with Crippen LogP contribution in [0.1, 0.15) is 18.1 Å². The summed E-state index contributed by atoms with van der Waals surface area (Å²) in [7, 11) is 0. The first-order valence-corrected chi connectivity index (χ1v) is 7.75. The molecule has 1 aromatic heterocycles. The summed E-state index contributed by atoms with van der Waals surface area (Å²) >= 11 is 0. The molecule has 0 radical (unpaired) electrons. The van der Waals surface area contributed by atoms with Crippen LogP contribution in [0.2, 0.25) is 0 Å². The highest BCUT2D eigenvalue weighted by molar-refractivity contribution is 5.78. The summed E-state index contributed by atoms with van der Waals surface area (Å²) in [6.07, 6.45) is 5.53. The number of rotatable bonds is 6. The normalized spacial score (nSPS) is 16.0. The Morgan fingerprint density at radius 3 is 2.82 bits per heavy atom. The van der Waals surface area contributed by atoms with Crippen molar-refractivity contribution >= 4 is 5.91 Å². The van der Waals surface area contributed by atoms with E-state index < -0.39 is 0 Å². The predicted molar refractivity (Wildman–Crippen MR) is 85.1 cm³/mol. The molecule has 3 rings (SSSR count). The van der Waals surface area contributed by atoms with Gasteiger partial charge in [-0.25, -0.2) is 4.98 Å². The Hall–Kier alpha value is -2.14. The summed E-state index contributed by atoms with van der Waals surface area (Å²) in [6, 6.07) is 8.21. The van der Waals surface area contributed by atoms with Crippen molar-refractivity contribution in [3.8, 4) is 0 Å². The van der Waals surface area contributed by atoms with Crippen LogP contribution in [-0.4, -0.2) is 28.5 Å². The lowest BCUT2D eigenvalue weighted by Gasteiger charge is -2.31. The molecule has 2 N–H and O–H groups in total. The van der Waals surface area contributed by atoms with E-state index in [0.717, 1.165) is 25.2 Å². The van der Waals surface area contributed by atoms with Crippen LogP contribution in [0.15, 0.2) is 43.0 Å². The van der Waals surface area contributed by atoms with Gasteiger partial charge in [0, 0.05) is 31.4 Å². The quantitative estimate of drug-likeness (QED) is 0.847. The van der Waals surface area contributed by atoms with Crippen LogP contribution in [0.4, 0.5) is 0 Å². The molecule has 0 bridgehead atoms. The second kappa shape index (κ2) is 6.75. The van der Waals surface area contributed by atoms with E-state index >= 15 is 0 Å². The minimum absolute atomic E-state index is 0.0714. The average Bonchev–Trinajstić information content (AvgIpc) is 2.97.